The molecule has 1 N–H and O–H groups in total. The minimum Gasteiger partial charge on any atom is -0.455 e. The fourth-order valence-electron chi connectivity index (χ4n) is 1.88. The van der Waals surface area contributed by atoms with Crippen LogP contribution in [0.4, 0.5) is 0 Å². The number of fused-ring (bicyclic) bond motifs is 1. The van der Waals surface area contributed by atoms with Crippen LogP contribution in [0.15, 0.2) is 12.1 Å². The molecule has 1 aliphatic rings. The highest BCUT2D eigenvalue weighted by Crippen LogP contribution is 2.29. The first kappa shape index (κ1) is 12.0. The Morgan fingerprint density at radius 3 is 2.82 bits per heavy atom. The summed E-state index contributed by atoms with van der Waals surface area (Å²) in [5, 5.41) is 9.71. The van der Waals surface area contributed by atoms with E-state index in [1.807, 2.05) is 26.8 Å². The Labute approximate surface area is 101 Å². The number of esters is 1. The van der Waals surface area contributed by atoms with Crippen molar-refractivity contribution >= 4 is 5.97 Å². The van der Waals surface area contributed by atoms with Crippen molar-refractivity contribution < 1.29 is 14.6 Å². The van der Waals surface area contributed by atoms with E-state index >= 15 is 0 Å². The van der Waals surface area contributed by atoms with Crippen LogP contribution in [0.5, 0.6) is 0 Å². The lowest BCUT2D eigenvalue weighted by molar-refractivity contribution is 0.00622. The Kier molecular flexibility index (Phi) is 2.91. The summed E-state index contributed by atoms with van der Waals surface area (Å²) < 4.78 is 5.24. The van der Waals surface area contributed by atoms with E-state index < -0.39 is 17.7 Å². The average Bonchev–Trinajstić information content (AvgIpc) is 2.57. The minimum absolute atomic E-state index is 0.264. The number of hydrogen-bond acceptors (Lipinski definition) is 4. The number of aryl methyl sites for hydroxylation is 1. The molecule has 1 heterocycles. The van der Waals surface area contributed by atoms with Crippen molar-refractivity contribution in [1.82, 2.24) is 4.98 Å². The van der Waals surface area contributed by atoms with E-state index in [2.05, 4.69) is 4.98 Å². The van der Waals surface area contributed by atoms with Crippen molar-refractivity contribution in [2.75, 3.05) is 0 Å². The molecule has 0 amide bonds. The molecule has 2 rings (SSSR count). The maximum Gasteiger partial charge on any atom is 0.357 e. The van der Waals surface area contributed by atoms with Crippen LogP contribution in [0.25, 0.3) is 0 Å². The molecule has 1 aliphatic carbocycles. The number of aromatic nitrogens is 1. The molecule has 0 fully saturated rings. The number of rotatable bonds is 1. The molecule has 1 unspecified atom stereocenters. The standard InChI is InChI=1S/C13H17NO3/c1-13(2,3)17-12(16)9-6-4-8-5-7-10(15)11(8)14-9/h4,6,10,15H,5,7H2,1-3H3. The molecule has 0 bridgehead atoms. The van der Waals surface area contributed by atoms with Crippen LogP contribution in [0.3, 0.4) is 0 Å². The maximum atomic E-state index is 11.8. The second-order valence-corrected chi connectivity index (χ2v) is 5.30. The van der Waals surface area contributed by atoms with Crippen molar-refractivity contribution in [2.24, 2.45) is 0 Å². The Hall–Kier alpha value is -1.42. The topological polar surface area (TPSA) is 59.4 Å². The van der Waals surface area contributed by atoms with Crippen LogP contribution in [0.1, 0.15) is 55.0 Å². The highest BCUT2D eigenvalue weighted by Gasteiger charge is 2.25. The largest absolute Gasteiger partial charge is 0.455 e. The normalized spacial score (nSPS) is 18.9. The molecule has 1 aromatic rings. The molecule has 1 atom stereocenters. The van der Waals surface area contributed by atoms with Crippen molar-refractivity contribution in [3.05, 3.63) is 29.1 Å². The fraction of sp³-hybridized carbons (Fsp3) is 0.538. The van der Waals surface area contributed by atoms with E-state index in [-0.39, 0.29) is 5.69 Å². The van der Waals surface area contributed by atoms with Gasteiger partial charge in [-0.15, -0.1) is 0 Å². The predicted octanol–water partition coefficient (Wildman–Crippen LogP) is 2.02. The Balaban J connectivity index is 2.23. The van der Waals surface area contributed by atoms with Gasteiger partial charge in [-0.2, -0.15) is 0 Å². The summed E-state index contributed by atoms with van der Waals surface area (Å²) in [5.41, 5.74) is 1.37. The molecule has 0 saturated carbocycles. The van der Waals surface area contributed by atoms with E-state index in [1.165, 1.54) is 0 Å². The molecule has 0 spiro atoms. The number of pyridine rings is 1. The zero-order valence-electron chi connectivity index (χ0n) is 10.4. The summed E-state index contributed by atoms with van der Waals surface area (Å²) in [5.74, 6) is -0.445. The predicted molar refractivity (Wildman–Crippen MR) is 62.7 cm³/mol. The van der Waals surface area contributed by atoms with Gasteiger partial charge in [0, 0.05) is 0 Å². The number of carbonyl (C=O) groups excluding carboxylic acids is 1. The van der Waals surface area contributed by atoms with Gasteiger partial charge in [-0.3, -0.25) is 0 Å². The molecule has 4 nitrogen and oxygen atoms in total. The smallest absolute Gasteiger partial charge is 0.357 e. The SMILES string of the molecule is CC(C)(C)OC(=O)c1ccc2c(n1)C(O)CC2. The molecule has 1 aromatic heterocycles. The molecular weight excluding hydrogens is 218 g/mol. The third kappa shape index (κ3) is 2.64. The number of aliphatic hydroxyl groups is 1. The molecule has 0 saturated heterocycles. The molecular formula is C13H17NO3. The van der Waals surface area contributed by atoms with Crippen LogP contribution in [0.2, 0.25) is 0 Å². The first-order valence-electron chi connectivity index (χ1n) is 5.78. The van der Waals surface area contributed by atoms with E-state index in [4.69, 9.17) is 4.74 Å². The molecule has 17 heavy (non-hydrogen) atoms. The van der Waals surface area contributed by atoms with Gasteiger partial charge in [0.1, 0.15) is 11.3 Å². The van der Waals surface area contributed by atoms with Crippen molar-refractivity contribution in [2.45, 2.75) is 45.3 Å². The first-order valence-corrected chi connectivity index (χ1v) is 5.78. The van der Waals surface area contributed by atoms with Gasteiger partial charge >= 0.3 is 5.97 Å². The van der Waals surface area contributed by atoms with E-state index in [1.54, 1.807) is 6.07 Å². The lowest BCUT2D eigenvalue weighted by Gasteiger charge is -2.19. The van der Waals surface area contributed by atoms with Crippen LogP contribution >= 0.6 is 0 Å². The van der Waals surface area contributed by atoms with Crippen molar-refractivity contribution in [3.8, 4) is 0 Å². The number of nitrogens with zero attached hydrogens (tertiary/aromatic N) is 1. The summed E-state index contributed by atoms with van der Waals surface area (Å²) in [6, 6.07) is 3.50. The van der Waals surface area contributed by atoms with Gasteiger partial charge in [0.15, 0.2) is 0 Å². The Morgan fingerprint density at radius 2 is 2.18 bits per heavy atom. The van der Waals surface area contributed by atoms with Crippen LogP contribution in [-0.4, -0.2) is 21.7 Å². The first-order chi connectivity index (χ1) is 7.87. The second-order valence-electron chi connectivity index (χ2n) is 5.30. The lowest BCUT2D eigenvalue weighted by Crippen LogP contribution is -2.24. The van der Waals surface area contributed by atoms with Crippen LogP contribution in [0, 0.1) is 0 Å². The second kappa shape index (κ2) is 4.11. The number of hydrogen-bond donors (Lipinski definition) is 1. The van der Waals surface area contributed by atoms with Gasteiger partial charge in [-0.05, 0) is 45.2 Å². The number of ether oxygens (including phenoxy) is 1. The number of carbonyl (C=O) groups is 1. The van der Waals surface area contributed by atoms with Gasteiger partial charge in [-0.25, -0.2) is 9.78 Å². The van der Waals surface area contributed by atoms with Gasteiger partial charge < -0.3 is 9.84 Å². The molecule has 0 radical (unpaired) electrons. The molecule has 0 aromatic carbocycles. The zero-order chi connectivity index (χ0) is 12.6. The van der Waals surface area contributed by atoms with E-state index in [0.29, 0.717) is 12.1 Å². The number of aliphatic hydroxyl groups excluding tert-OH is 1. The van der Waals surface area contributed by atoms with Gasteiger partial charge in [0.05, 0.1) is 11.8 Å². The highest BCUT2D eigenvalue weighted by molar-refractivity contribution is 5.87. The fourth-order valence-corrected chi connectivity index (χ4v) is 1.88. The van der Waals surface area contributed by atoms with Crippen molar-refractivity contribution in [3.63, 3.8) is 0 Å². The van der Waals surface area contributed by atoms with Gasteiger partial charge in [0.2, 0.25) is 0 Å². The molecule has 0 aliphatic heterocycles. The minimum atomic E-state index is -0.549. The van der Waals surface area contributed by atoms with Crippen molar-refractivity contribution in [1.29, 1.82) is 0 Å². The maximum absolute atomic E-state index is 11.8. The van der Waals surface area contributed by atoms with E-state index in [9.17, 15) is 9.90 Å². The van der Waals surface area contributed by atoms with Crippen LogP contribution < -0.4 is 0 Å². The Morgan fingerprint density at radius 1 is 1.47 bits per heavy atom. The lowest BCUT2D eigenvalue weighted by atomic mass is 10.2. The molecule has 4 heteroatoms. The summed E-state index contributed by atoms with van der Waals surface area (Å²) in [6.45, 7) is 5.44. The third-order valence-electron chi connectivity index (χ3n) is 2.62. The van der Waals surface area contributed by atoms with Gasteiger partial charge in [0.25, 0.3) is 0 Å². The molecule has 92 valence electrons. The monoisotopic (exact) mass is 235 g/mol. The summed E-state index contributed by atoms with van der Waals surface area (Å²) >= 11 is 0. The quantitative estimate of drug-likeness (QED) is 0.756. The zero-order valence-corrected chi connectivity index (χ0v) is 10.4. The third-order valence-corrected chi connectivity index (χ3v) is 2.62. The highest BCUT2D eigenvalue weighted by atomic mass is 16.6. The van der Waals surface area contributed by atoms with E-state index in [0.717, 1.165) is 12.0 Å². The van der Waals surface area contributed by atoms with Gasteiger partial charge in [-0.1, -0.05) is 6.07 Å². The summed E-state index contributed by atoms with van der Waals surface area (Å²) in [6.07, 6.45) is 0.950. The summed E-state index contributed by atoms with van der Waals surface area (Å²) in [4.78, 5) is 16.0. The Bertz CT molecular complexity index is 448. The summed E-state index contributed by atoms with van der Waals surface area (Å²) in [7, 11) is 0. The van der Waals surface area contributed by atoms with Crippen LogP contribution in [-0.2, 0) is 11.2 Å². The average molecular weight is 235 g/mol.